The Morgan fingerprint density at radius 3 is 2.72 bits per heavy atom. The van der Waals surface area contributed by atoms with Gasteiger partial charge in [-0.3, -0.25) is 4.90 Å². The van der Waals surface area contributed by atoms with E-state index >= 15 is 0 Å². The van der Waals surface area contributed by atoms with Crippen molar-refractivity contribution in [3.05, 3.63) is 0 Å². The Balaban J connectivity index is 1.58. The molecule has 0 amide bonds. The quantitative estimate of drug-likeness (QED) is 0.245. The average Bonchev–Trinajstić information content (AvgIpc) is 3.04. The Morgan fingerprint density at radius 1 is 1.22 bits per heavy atom. The summed E-state index contributed by atoms with van der Waals surface area (Å²) < 4.78 is 0. The van der Waals surface area contributed by atoms with E-state index in [9.17, 15) is 0 Å². The molecule has 2 rings (SSSR count). The van der Waals surface area contributed by atoms with Gasteiger partial charge in [-0.2, -0.15) is 0 Å². The van der Waals surface area contributed by atoms with E-state index in [4.69, 9.17) is 10.9 Å². The van der Waals surface area contributed by atoms with Crippen LogP contribution >= 0.6 is 0 Å². The minimum absolute atomic E-state index is 0.353. The van der Waals surface area contributed by atoms with Crippen molar-refractivity contribution in [2.24, 2.45) is 10.9 Å². The molecule has 5 nitrogen and oxygen atoms in total. The van der Waals surface area contributed by atoms with Gasteiger partial charge in [0.25, 0.3) is 0 Å². The summed E-state index contributed by atoms with van der Waals surface area (Å²) in [6.07, 6.45) is 6.97. The van der Waals surface area contributed by atoms with Crippen molar-refractivity contribution >= 4 is 5.84 Å². The van der Waals surface area contributed by atoms with Gasteiger partial charge in [0.05, 0.1) is 0 Å². The summed E-state index contributed by atoms with van der Waals surface area (Å²) in [7, 11) is 0. The molecule has 0 aromatic heterocycles. The monoisotopic (exact) mass is 254 g/mol. The highest BCUT2D eigenvalue weighted by molar-refractivity contribution is 5.79. The van der Waals surface area contributed by atoms with E-state index < -0.39 is 0 Å². The Hall–Kier alpha value is -0.810. The van der Waals surface area contributed by atoms with Crippen LogP contribution in [0.4, 0.5) is 0 Å². The van der Waals surface area contributed by atoms with Gasteiger partial charge in [0.2, 0.25) is 0 Å². The molecule has 0 aromatic carbocycles. The van der Waals surface area contributed by atoms with Crippen molar-refractivity contribution in [3.8, 4) is 0 Å². The second-order valence-corrected chi connectivity index (χ2v) is 5.53. The fourth-order valence-electron chi connectivity index (χ4n) is 3.11. The smallest absolute Gasteiger partial charge is 0.139 e. The molecule has 0 aromatic rings. The molecular weight excluding hydrogens is 228 g/mol. The molecule has 1 atom stereocenters. The summed E-state index contributed by atoms with van der Waals surface area (Å²) in [6, 6.07) is 0.802. The van der Waals surface area contributed by atoms with Crippen molar-refractivity contribution in [1.29, 1.82) is 0 Å². The molecule has 2 fully saturated rings. The highest BCUT2D eigenvalue weighted by Gasteiger charge is 2.28. The van der Waals surface area contributed by atoms with Gasteiger partial charge in [-0.1, -0.05) is 5.16 Å². The molecular formula is C13H26N4O. The number of hydrogen-bond acceptors (Lipinski definition) is 4. The molecule has 0 bridgehead atoms. The van der Waals surface area contributed by atoms with E-state index in [2.05, 4.69) is 15.0 Å². The highest BCUT2D eigenvalue weighted by Crippen LogP contribution is 2.20. The third-order valence-electron chi connectivity index (χ3n) is 4.19. The summed E-state index contributed by atoms with van der Waals surface area (Å²) >= 11 is 0. The normalized spacial score (nSPS) is 27.1. The minimum Gasteiger partial charge on any atom is -0.409 e. The summed E-state index contributed by atoms with van der Waals surface area (Å²) in [5.74, 6) is 0.353. The van der Waals surface area contributed by atoms with Crippen LogP contribution in [0.3, 0.4) is 0 Å². The first-order valence-corrected chi connectivity index (χ1v) is 7.22. The zero-order chi connectivity index (χ0) is 12.8. The molecule has 104 valence electrons. The first-order valence-electron chi connectivity index (χ1n) is 7.22. The molecule has 18 heavy (non-hydrogen) atoms. The Kier molecular flexibility index (Phi) is 5.26. The number of rotatable bonds is 6. The fourth-order valence-corrected chi connectivity index (χ4v) is 3.11. The van der Waals surface area contributed by atoms with Crippen LogP contribution in [0.25, 0.3) is 0 Å². The zero-order valence-corrected chi connectivity index (χ0v) is 11.2. The maximum absolute atomic E-state index is 8.45. The number of oxime groups is 1. The Morgan fingerprint density at radius 2 is 2.00 bits per heavy atom. The predicted octanol–water partition coefficient (Wildman–Crippen LogP) is 1.07. The summed E-state index contributed by atoms with van der Waals surface area (Å²) in [6.45, 7) is 6.25. The van der Waals surface area contributed by atoms with Gasteiger partial charge < -0.3 is 15.8 Å². The van der Waals surface area contributed by atoms with Crippen molar-refractivity contribution in [2.75, 3.05) is 32.7 Å². The number of unbranched alkanes of at least 4 members (excludes halogenated alkanes) is 1. The SMILES string of the molecule is N/C(CCCCN1CCC(N2CCCC2)C1)=N/O. The van der Waals surface area contributed by atoms with Crippen LogP contribution in [0.15, 0.2) is 5.16 Å². The summed E-state index contributed by atoms with van der Waals surface area (Å²) in [4.78, 5) is 5.23. The number of amidine groups is 1. The van der Waals surface area contributed by atoms with Crippen molar-refractivity contribution in [2.45, 2.75) is 44.6 Å². The van der Waals surface area contributed by atoms with E-state index in [1.807, 2.05) is 0 Å². The predicted molar refractivity (Wildman–Crippen MR) is 72.9 cm³/mol. The molecule has 0 saturated carbocycles. The largest absolute Gasteiger partial charge is 0.409 e. The van der Waals surface area contributed by atoms with Crippen LogP contribution in [0.1, 0.15) is 38.5 Å². The van der Waals surface area contributed by atoms with E-state index in [1.165, 1.54) is 45.4 Å². The molecule has 2 aliphatic rings. The molecule has 2 heterocycles. The van der Waals surface area contributed by atoms with Crippen molar-refractivity contribution in [3.63, 3.8) is 0 Å². The first-order chi connectivity index (χ1) is 8.79. The number of nitrogens with zero attached hydrogens (tertiary/aromatic N) is 3. The first kappa shape index (κ1) is 13.6. The molecule has 0 aliphatic carbocycles. The number of hydrogen-bond donors (Lipinski definition) is 2. The third-order valence-corrected chi connectivity index (χ3v) is 4.19. The van der Waals surface area contributed by atoms with Gasteiger partial charge in [0, 0.05) is 19.0 Å². The van der Waals surface area contributed by atoms with E-state index in [0.29, 0.717) is 12.3 Å². The molecule has 5 heteroatoms. The molecule has 2 aliphatic heterocycles. The second-order valence-electron chi connectivity index (χ2n) is 5.53. The molecule has 0 radical (unpaired) electrons. The molecule has 3 N–H and O–H groups in total. The van der Waals surface area contributed by atoms with Gasteiger partial charge in [-0.05, 0) is 58.3 Å². The van der Waals surface area contributed by atoms with Gasteiger partial charge in [0.15, 0.2) is 0 Å². The lowest BCUT2D eigenvalue weighted by molar-refractivity contribution is 0.231. The van der Waals surface area contributed by atoms with Crippen molar-refractivity contribution < 1.29 is 5.21 Å². The molecule has 1 unspecified atom stereocenters. The number of likely N-dealkylation sites (tertiary alicyclic amines) is 2. The van der Waals surface area contributed by atoms with E-state index in [-0.39, 0.29) is 0 Å². The van der Waals surface area contributed by atoms with Gasteiger partial charge in [0.1, 0.15) is 5.84 Å². The lowest BCUT2D eigenvalue weighted by Crippen LogP contribution is -2.35. The minimum atomic E-state index is 0.353. The average molecular weight is 254 g/mol. The van der Waals surface area contributed by atoms with Crippen LogP contribution in [0, 0.1) is 0 Å². The zero-order valence-electron chi connectivity index (χ0n) is 11.2. The lowest BCUT2D eigenvalue weighted by atomic mass is 10.2. The van der Waals surface area contributed by atoms with Crippen LogP contribution in [0.5, 0.6) is 0 Å². The van der Waals surface area contributed by atoms with Gasteiger partial charge in [-0.25, -0.2) is 0 Å². The van der Waals surface area contributed by atoms with Gasteiger partial charge >= 0.3 is 0 Å². The third kappa shape index (κ3) is 3.85. The summed E-state index contributed by atoms with van der Waals surface area (Å²) in [5.41, 5.74) is 5.45. The van der Waals surface area contributed by atoms with Crippen molar-refractivity contribution in [1.82, 2.24) is 9.80 Å². The summed E-state index contributed by atoms with van der Waals surface area (Å²) in [5, 5.41) is 11.4. The molecule has 0 spiro atoms. The lowest BCUT2D eigenvalue weighted by Gasteiger charge is -2.23. The maximum Gasteiger partial charge on any atom is 0.139 e. The van der Waals surface area contributed by atoms with Crippen LogP contribution < -0.4 is 5.73 Å². The second kappa shape index (κ2) is 6.95. The fraction of sp³-hybridized carbons (Fsp3) is 0.923. The Labute approximate surface area is 110 Å². The molecule has 2 saturated heterocycles. The van der Waals surface area contributed by atoms with E-state index in [0.717, 1.165) is 25.4 Å². The van der Waals surface area contributed by atoms with Gasteiger partial charge in [-0.15, -0.1) is 0 Å². The van der Waals surface area contributed by atoms with Crippen LogP contribution in [-0.2, 0) is 0 Å². The van der Waals surface area contributed by atoms with Crippen LogP contribution in [-0.4, -0.2) is 59.6 Å². The van der Waals surface area contributed by atoms with Crippen LogP contribution in [0.2, 0.25) is 0 Å². The maximum atomic E-state index is 8.45. The Bertz CT molecular complexity index is 276. The highest BCUT2D eigenvalue weighted by atomic mass is 16.4. The number of nitrogens with two attached hydrogens (primary N) is 1. The standard InChI is InChI=1S/C13H26N4O/c14-13(15-18)5-1-2-7-16-10-6-12(11-16)17-8-3-4-9-17/h12,18H,1-11H2,(H2,14,15). The topological polar surface area (TPSA) is 65.1 Å². The van der Waals surface area contributed by atoms with E-state index in [1.54, 1.807) is 0 Å².